The van der Waals surface area contributed by atoms with Crippen LogP contribution in [0, 0.1) is 0 Å². The monoisotopic (exact) mass is 354 g/mol. The Hall–Kier alpha value is -1.36. The van der Waals surface area contributed by atoms with Crippen LogP contribution >= 0.6 is 34.5 Å². The second-order valence-corrected chi connectivity index (χ2v) is 6.55. The van der Waals surface area contributed by atoms with Gasteiger partial charge in [0.05, 0.1) is 32.5 Å². The first-order valence-corrected chi connectivity index (χ1v) is 8.70. The first-order valence-electron chi connectivity index (χ1n) is 7.07. The molecule has 6 heteroatoms. The van der Waals surface area contributed by atoms with Crippen LogP contribution in [0.5, 0.6) is 5.75 Å². The number of fused-ring (bicyclic) bond motifs is 1. The molecule has 0 saturated heterocycles. The van der Waals surface area contributed by atoms with E-state index >= 15 is 0 Å². The number of aromatic amines is 1. The van der Waals surface area contributed by atoms with Gasteiger partial charge in [0.2, 0.25) is 0 Å². The lowest BCUT2D eigenvalue weighted by Crippen LogP contribution is -2.27. The average Bonchev–Trinajstić information content (AvgIpc) is 3.17. The molecule has 0 fully saturated rings. The number of hydrogen-bond acceptors (Lipinski definition) is 3. The van der Waals surface area contributed by atoms with Gasteiger partial charge in [-0.2, -0.15) is 0 Å². The highest BCUT2D eigenvalue weighted by Gasteiger charge is 2.12. The zero-order valence-electron chi connectivity index (χ0n) is 12.1. The highest BCUT2D eigenvalue weighted by molar-refractivity contribution is 7.14. The molecule has 0 unspecified atom stereocenters. The number of anilines is 1. The maximum absolute atomic E-state index is 6.22. The zero-order chi connectivity index (χ0) is 15.5. The highest BCUT2D eigenvalue weighted by Crippen LogP contribution is 2.36. The third-order valence-corrected chi connectivity index (χ3v) is 5.06. The minimum atomic E-state index is 0.587. The molecule has 1 aromatic carbocycles. The van der Waals surface area contributed by atoms with Gasteiger partial charge in [-0.15, -0.1) is 11.3 Å². The molecule has 3 nitrogen and oxygen atoms in total. The molecule has 0 bridgehead atoms. The van der Waals surface area contributed by atoms with Gasteiger partial charge in [0, 0.05) is 12.7 Å². The third-order valence-electron chi connectivity index (χ3n) is 3.52. The van der Waals surface area contributed by atoms with E-state index in [0.29, 0.717) is 16.7 Å². The summed E-state index contributed by atoms with van der Waals surface area (Å²) >= 11 is 14.1. The molecule has 0 aliphatic rings. The van der Waals surface area contributed by atoms with E-state index in [2.05, 4.69) is 34.3 Å². The Morgan fingerprint density at radius 3 is 2.82 bits per heavy atom. The Morgan fingerprint density at radius 1 is 1.23 bits per heavy atom. The number of hydrogen-bond donors (Lipinski definition) is 1. The maximum atomic E-state index is 6.22. The lowest BCUT2D eigenvalue weighted by molar-refractivity contribution is 0.328. The Labute approximate surface area is 143 Å². The Balaban J connectivity index is 1.72. The molecule has 0 amide bonds. The van der Waals surface area contributed by atoms with Gasteiger partial charge in [-0.05, 0) is 36.6 Å². The minimum Gasteiger partial charge on any atom is -0.491 e. The van der Waals surface area contributed by atoms with E-state index in [4.69, 9.17) is 27.9 Å². The highest BCUT2D eigenvalue weighted by atomic mass is 35.5. The SMILES string of the molecule is CCN(CCOc1ccc(Cl)c2[nH]cc(Cl)c12)c1cccs1. The maximum Gasteiger partial charge on any atom is 0.130 e. The van der Waals surface area contributed by atoms with E-state index in [1.54, 1.807) is 17.5 Å². The second-order valence-electron chi connectivity index (χ2n) is 4.81. The third kappa shape index (κ3) is 3.05. The van der Waals surface area contributed by atoms with Crippen molar-refractivity contribution in [2.24, 2.45) is 0 Å². The van der Waals surface area contributed by atoms with Crippen LogP contribution in [0.15, 0.2) is 35.8 Å². The van der Waals surface area contributed by atoms with Crippen molar-refractivity contribution in [1.82, 2.24) is 4.98 Å². The normalized spacial score (nSPS) is 11.0. The molecule has 0 atom stereocenters. The topological polar surface area (TPSA) is 28.3 Å². The van der Waals surface area contributed by atoms with Gasteiger partial charge in [0.1, 0.15) is 12.4 Å². The largest absolute Gasteiger partial charge is 0.491 e. The molecule has 3 rings (SSSR count). The fourth-order valence-corrected chi connectivity index (χ4v) is 3.68. The average molecular weight is 355 g/mol. The van der Waals surface area contributed by atoms with Gasteiger partial charge < -0.3 is 14.6 Å². The Morgan fingerprint density at radius 2 is 2.09 bits per heavy atom. The van der Waals surface area contributed by atoms with Crippen LogP contribution in [0.1, 0.15) is 6.92 Å². The molecule has 116 valence electrons. The number of thiophene rings is 1. The standard InChI is InChI=1S/C16H16Cl2N2OS/c1-2-20(14-4-3-9-22-14)7-8-21-13-6-5-11(17)16-15(13)12(18)10-19-16/h3-6,9-10,19H,2,7-8H2,1H3. The van der Waals surface area contributed by atoms with Crippen LogP contribution in [0.4, 0.5) is 5.00 Å². The molecule has 0 radical (unpaired) electrons. The van der Waals surface area contributed by atoms with Crippen LogP contribution in [-0.2, 0) is 0 Å². The predicted octanol–water partition coefficient (Wildman–Crippen LogP) is 5.44. The smallest absolute Gasteiger partial charge is 0.130 e. The van der Waals surface area contributed by atoms with Crippen LogP contribution in [-0.4, -0.2) is 24.7 Å². The van der Waals surface area contributed by atoms with Gasteiger partial charge in [0.25, 0.3) is 0 Å². The molecule has 0 spiro atoms. The molecule has 2 heterocycles. The number of ether oxygens (including phenoxy) is 1. The van der Waals surface area contributed by atoms with Gasteiger partial charge in [-0.1, -0.05) is 23.2 Å². The van der Waals surface area contributed by atoms with Crippen molar-refractivity contribution >= 4 is 50.4 Å². The van der Waals surface area contributed by atoms with Crippen molar-refractivity contribution in [3.8, 4) is 5.75 Å². The van der Waals surface area contributed by atoms with Crippen LogP contribution in [0.25, 0.3) is 10.9 Å². The quantitative estimate of drug-likeness (QED) is 0.638. The number of benzene rings is 1. The summed E-state index contributed by atoms with van der Waals surface area (Å²) in [5.41, 5.74) is 0.815. The summed E-state index contributed by atoms with van der Waals surface area (Å²) in [7, 11) is 0. The van der Waals surface area contributed by atoms with E-state index in [1.807, 2.05) is 12.1 Å². The molecule has 2 aromatic heterocycles. The van der Waals surface area contributed by atoms with Crippen molar-refractivity contribution in [1.29, 1.82) is 0 Å². The Bertz CT molecular complexity index is 755. The summed E-state index contributed by atoms with van der Waals surface area (Å²) in [4.78, 5) is 5.36. The lowest BCUT2D eigenvalue weighted by Gasteiger charge is -2.21. The number of H-pyrrole nitrogens is 1. The summed E-state index contributed by atoms with van der Waals surface area (Å²) in [6.45, 7) is 4.50. The summed E-state index contributed by atoms with van der Waals surface area (Å²) in [5, 5.41) is 5.45. The van der Waals surface area contributed by atoms with Crippen molar-refractivity contribution in [2.75, 3.05) is 24.6 Å². The van der Waals surface area contributed by atoms with E-state index in [1.165, 1.54) is 5.00 Å². The van der Waals surface area contributed by atoms with Crippen LogP contribution in [0.3, 0.4) is 0 Å². The number of halogens is 2. The van der Waals surface area contributed by atoms with Crippen molar-refractivity contribution in [2.45, 2.75) is 6.92 Å². The summed E-state index contributed by atoms with van der Waals surface area (Å²) < 4.78 is 5.94. The number of nitrogens with one attached hydrogen (secondary N) is 1. The molecular formula is C16H16Cl2N2OS. The van der Waals surface area contributed by atoms with E-state index < -0.39 is 0 Å². The van der Waals surface area contributed by atoms with Gasteiger partial charge in [-0.3, -0.25) is 0 Å². The summed E-state index contributed by atoms with van der Waals surface area (Å²) in [5.74, 6) is 0.757. The number of nitrogens with zero attached hydrogens (tertiary/aromatic N) is 1. The van der Waals surface area contributed by atoms with E-state index in [9.17, 15) is 0 Å². The lowest BCUT2D eigenvalue weighted by atomic mass is 10.2. The van der Waals surface area contributed by atoms with Crippen molar-refractivity contribution < 1.29 is 4.74 Å². The van der Waals surface area contributed by atoms with Crippen LogP contribution < -0.4 is 9.64 Å². The van der Waals surface area contributed by atoms with Gasteiger partial charge in [0.15, 0.2) is 0 Å². The molecule has 0 aliphatic carbocycles. The first kappa shape index (κ1) is 15.5. The Kier molecular flexibility index (Phi) is 4.81. The van der Waals surface area contributed by atoms with Crippen molar-refractivity contribution in [3.63, 3.8) is 0 Å². The number of rotatable bonds is 6. The first-order chi connectivity index (χ1) is 10.7. The molecular weight excluding hydrogens is 339 g/mol. The molecule has 1 N–H and O–H groups in total. The van der Waals surface area contributed by atoms with E-state index in [0.717, 1.165) is 29.7 Å². The molecule has 0 saturated carbocycles. The number of aromatic nitrogens is 1. The zero-order valence-corrected chi connectivity index (χ0v) is 14.4. The fourth-order valence-electron chi connectivity index (χ4n) is 2.40. The fraction of sp³-hybridized carbons (Fsp3) is 0.250. The number of likely N-dealkylation sites (N-methyl/N-ethyl adjacent to an activating group) is 1. The molecule has 22 heavy (non-hydrogen) atoms. The molecule has 3 aromatic rings. The van der Waals surface area contributed by atoms with Crippen LogP contribution in [0.2, 0.25) is 10.0 Å². The van der Waals surface area contributed by atoms with Gasteiger partial charge in [-0.25, -0.2) is 0 Å². The van der Waals surface area contributed by atoms with Gasteiger partial charge >= 0.3 is 0 Å². The summed E-state index contributed by atoms with van der Waals surface area (Å²) in [6.07, 6.45) is 1.73. The molecule has 0 aliphatic heterocycles. The second kappa shape index (κ2) is 6.82. The predicted molar refractivity (Wildman–Crippen MR) is 96.0 cm³/mol. The summed E-state index contributed by atoms with van der Waals surface area (Å²) in [6, 6.07) is 7.87. The van der Waals surface area contributed by atoms with Crippen molar-refractivity contribution in [3.05, 3.63) is 45.9 Å². The minimum absolute atomic E-state index is 0.587. The van der Waals surface area contributed by atoms with E-state index in [-0.39, 0.29) is 0 Å².